The van der Waals surface area contributed by atoms with Crippen LogP contribution >= 0.6 is 7.82 Å². The molecular formula is C44H86NO8P. The van der Waals surface area contributed by atoms with E-state index in [4.69, 9.17) is 18.5 Å². The molecule has 0 aliphatic rings. The highest BCUT2D eigenvalue weighted by molar-refractivity contribution is 7.47. The summed E-state index contributed by atoms with van der Waals surface area (Å²) in [5.41, 5.74) is 0. The Morgan fingerprint density at radius 1 is 0.556 bits per heavy atom. The van der Waals surface area contributed by atoms with E-state index in [1.54, 1.807) is 7.05 Å². The summed E-state index contributed by atoms with van der Waals surface area (Å²) in [7, 11) is -2.64. The molecule has 320 valence electrons. The minimum atomic E-state index is -4.35. The van der Waals surface area contributed by atoms with Gasteiger partial charge in [-0.2, -0.15) is 0 Å². The molecule has 0 heterocycles. The minimum Gasteiger partial charge on any atom is -0.462 e. The fourth-order valence-electron chi connectivity index (χ4n) is 6.43. The van der Waals surface area contributed by atoms with Crippen LogP contribution in [-0.2, 0) is 32.7 Å². The normalized spacial score (nSPS) is 13.3. The highest BCUT2D eigenvalue weighted by Crippen LogP contribution is 2.43. The Morgan fingerprint density at radius 2 is 0.944 bits per heavy atom. The lowest BCUT2D eigenvalue weighted by Gasteiger charge is -2.20. The molecule has 0 aliphatic carbocycles. The van der Waals surface area contributed by atoms with Crippen LogP contribution in [0.2, 0.25) is 0 Å². The third kappa shape index (κ3) is 40.4. The molecule has 0 aromatic rings. The zero-order valence-electron chi connectivity index (χ0n) is 35.4. The summed E-state index contributed by atoms with van der Waals surface area (Å²) in [6.45, 7) is 4.24. The van der Waals surface area contributed by atoms with E-state index >= 15 is 0 Å². The van der Waals surface area contributed by atoms with Gasteiger partial charge in [-0.25, -0.2) is 4.57 Å². The highest BCUT2D eigenvalue weighted by atomic mass is 31.2. The molecule has 0 fully saturated rings. The van der Waals surface area contributed by atoms with E-state index in [1.165, 1.54) is 135 Å². The number of hydrogen-bond acceptors (Lipinski definition) is 8. The van der Waals surface area contributed by atoms with Crippen LogP contribution in [-0.4, -0.2) is 56.3 Å². The molecule has 54 heavy (non-hydrogen) atoms. The summed E-state index contributed by atoms with van der Waals surface area (Å²) < 4.78 is 33.2. The van der Waals surface area contributed by atoms with Crippen LogP contribution in [0, 0.1) is 0 Å². The van der Waals surface area contributed by atoms with E-state index < -0.39 is 26.5 Å². The van der Waals surface area contributed by atoms with E-state index in [0.29, 0.717) is 13.0 Å². The second-order valence-electron chi connectivity index (χ2n) is 15.2. The zero-order chi connectivity index (χ0) is 39.6. The molecule has 2 atom stereocenters. The molecule has 0 saturated heterocycles. The zero-order valence-corrected chi connectivity index (χ0v) is 36.3. The Bertz CT molecular complexity index is 902. The first kappa shape index (κ1) is 52.8. The number of phosphoric acid groups is 1. The van der Waals surface area contributed by atoms with Crippen molar-refractivity contribution >= 4 is 19.8 Å². The fraction of sp³-hybridized carbons (Fsp3) is 0.909. The first-order valence-corrected chi connectivity index (χ1v) is 24.1. The molecule has 0 radical (unpaired) electrons. The number of carbonyl (C=O) groups excluding carboxylic acids is 2. The van der Waals surface area contributed by atoms with Crippen LogP contribution in [0.5, 0.6) is 0 Å². The maximum Gasteiger partial charge on any atom is 0.472 e. The molecule has 0 amide bonds. The van der Waals surface area contributed by atoms with Gasteiger partial charge in [-0.3, -0.25) is 18.6 Å². The van der Waals surface area contributed by atoms with Gasteiger partial charge in [-0.1, -0.05) is 180 Å². The van der Waals surface area contributed by atoms with Crippen molar-refractivity contribution < 1.29 is 37.6 Å². The van der Waals surface area contributed by atoms with E-state index in [9.17, 15) is 19.0 Å². The van der Waals surface area contributed by atoms with E-state index in [2.05, 4.69) is 31.3 Å². The van der Waals surface area contributed by atoms with Crippen molar-refractivity contribution in [2.45, 2.75) is 225 Å². The molecule has 10 heteroatoms. The molecule has 0 aromatic heterocycles. The number of hydrogen-bond donors (Lipinski definition) is 2. The Balaban J connectivity index is 4.18. The van der Waals surface area contributed by atoms with Crippen molar-refractivity contribution in [2.24, 2.45) is 0 Å². The predicted molar refractivity (Wildman–Crippen MR) is 225 cm³/mol. The van der Waals surface area contributed by atoms with E-state index in [1.807, 2.05) is 0 Å². The lowest BCUT2D eigenvalue weighted by molar-refractivity contribution is -0.161. The van der Waals surface area contributed by atoms with Crippen LogP contribution in [0.25, 0.3) is 0 Å². The SMILES string of the molecule is CCCCCCCC/C=C\CCCCCCCC(=O)OCC(COP(=O)(O)OCCNC)OC(=O)CCCCCCCCCCCCCCCCCCC. The largest absolute Gasteiger partial charge is 0.472 e. The maximum absolute atomic E-state index is 12.6. The molecule has 0 aromatic carbocycles. The molecular weight excluding hydrogens is 701 g/mol. The van der Waals surface area contributed by atoms with Gasteiger partial charge >= 0.3 is 19.8 Å². The third-order valence-electron chi connectivity index (χ3n) is 9.89. The third-order valence-corrected chi connectivity index (χ3v) is 10.9. The second-order valence-corrected chi connectivity index (χ2v) is 16.7. The Labute approximate surface area is 332 Å². The van der Waals surface area contributed by atoms with Crippen molar-refractivity contribution in [3.8, 4) is 0 Å². The number of nitrogens with one attached hydrogen (secondary N) is 1. The number of esters is 2. The summed E-state index contributed by atoms with van der Waals surface area (Å²) in [5.74, 6) is -0.805. The average Bonchev–Trinajstić information content (AvgIpc) is 3.15. The van der Waals surface area contributed by atoms with Gasteiger partial charge in [-0.15, -0.1) is 0 Å². The average molecular weight is 788 g/mol. The van der Waals surface area contributed by atoms with E-state index in [-0.39, 0.29) is 32.0 Å². The second kappa shape index (κ2) is 41.4. The first-order chi connectivity index (χ1) is 26.3. The number of rotatable bonds is 43. The van der Waals surface area contributed by atoms with Crippen molar-refractivity contribution in [2.75, 3.05) is 33.4 Å². The lowest BCUT2D eigenvalue weighted by Crippen LogP contribution is -2.29. The summed E-state index contributed by atoms with van der Waals surface area (Å²) in [5, 5.41) is 2.83. The van der Waals surface area contributed by atoms with Gasteiger partial charge in [-0.05, 0) is 45.6 Å². The maximum atomic E-state index is 12.6. The van der Waals surface area contributed by atoms with Crippen LogP contribution in [0.15, 0.2) is 12.2 Å². The van der Waals surface area contributed by atoms with Crippen LogP contribution in [0.4, 0.5) is 0 Å². The Kier molecular flexibility index (Phi) is 40.4. The number of carbonyl (C=O) groups is 2. The van der Waals surface area contributed by atoms with Crippen LogP contribution in [0.3, 0.4) is 0 Å². The predicted octanol–water partition coefficient (Wildman–Crippen LogP) is 12.9. The van der Waals surface area contributed by atoms with Crippen molar-refractivity contribution in [3.63, 3.8) is 0 Å². The fourth-order valence-corrected chi connectivity index (χ4v) is 7.18. The number of phosphoric ester groups is 1. The minimum absolute atomic E-state index is 0.0149. The Hall–Kier alpha value is -1.25. The number of likely N-dealkylation sites (N-methyl/N-ethyl adjacent to an activating group) is 1. The molecule has 0 bridgehead atoms. The van der Waals surface area contributed by atoms with Gasteiger partial charge in [0.25, 0.3) is 0 Å². The number of ether oxygens (including phenoxy) is 2. The molecule has 2 unspecified atom stereocenters. The van der Waals surface area contributed by atoms with Gasteiger partial charge in [0.05, 0.1) is 13.2 Å². The van der Waals surface area contributed by atoms with Crippen molar-refractivity contribution in [3.05, 3.63) is 12.2 Å². The smallest absolute Gasteiger partial charge is 0.462 e. The van der Waals surface area contributed by atoms with Crippen LogP contribution < -0.4 is 5.32 Å². The summed E-state index contributed by atoms with van der Waals surface area (Å²) in [4.78, 5) is 35.1. The van der Waals surface area contributed by atoms with Crippen LogP contribution in [0.1, 0.15) is 219 Å². The van der Waals surface area contributed by atoms with Crippen molar-refractivity contribution in [1.82, 2.24) is 5.32 Å². The number of allylic oxidation sites excluding steroid dienone is 2. The molecule has 2 N–H and O–H groups in total. The lowest BCUT2D eigenvalue weighted by atomic mass is 10.0. The highest BCUT2D eigenvalue weighted by Gasteiger charge is 2.26. The quantitative estimate of drug-likeness (QED) is 0.0269. The first-order valence-electron chi connectivity index (χ1n) is 22.6. The van der Waals surface area contributed by atoms with Gasteiger partial charge < -0.3 is 19.7 Å². The standard InChI is InChI=1S/C44H86NO8P/c1-4-6-8-10-12-14-16-18-20-21-23-25-27-29-31-33-35-37-44(47)53-42(41-52-54(48,49)51-39-38-45-3)40-50-43(46)36-34-32-30-28-26-24-22-19-17-15-13-11-9-7-5-2/h19,22,42,45H,4-18,20-21,23-41H2,1-3H3,(H,48,49)/b22-19-. The molecule has 0 spiro atoms. The summed E-state index contributed by atoms with van der Waals surface area (Å²) in [6.07, 6.45) is 41.1. The number of unbranched alkanes of at least 4 members (excludes halogenated alkanes) is 27. The Morgan fingerprint density at radius 3 is 1.37 bits per heavy atom. The van der Waals surface area contributed by atoms with Gasteiger partial charge in [0.1, 0.15) is 6.61 Å². The van der Waals surface area contributed by atoms with Gasteiger partial charge in [0.2, 0.25) is 0 Å². The summed E-state index contributed by atoms with van der Waals surface area (Å²) in [6, 6.07) is 0. The monoisotopic (exact) mass is 788 g/mol. The topological polar surface area (TPSA) is 120 Å². The van der Waals surface area contributed by atoms with Gasteiger partial charge in [0.15, 0.2) is 6.10 Å². The van der Waals surface area contributed by atoms with Crippen molar-refractivity contribution in [1.29, 1.82) is 0 Å². The van der Waals surface area contributed by atoms with Gasteiger partial charge in [0, 0.05) is 19.4 Å². The summed E-state index contributed by atoms with van der Waals surface area (Å²) >= 11 is 0. The molecule has 0 aliphatic heterocycles. The molecule has 0 saturated carbocycles. The van der Waals surface area contributed by atoms with E-state index in [0.717, 1.165) is 51.4 Å². The molecule has 9 nitrogen and oxygen atoms in total. The molecule has 0 rings (SSSR count).